The van der Waals surface area contributed by atoms with Crippen LogP contribution in [0, 0.1) is 5.92 Å². The lowest BCUT2D eigenvalue weighted by Gasteiger charge is -2.46. The van der Waals surface area contributed by atoms with Crippen molar-refractivity contribution in [3.63, 3.8) is 0 Å². The van der Waals surface area contributed by atoms with Gasteiger partial charge in [-0.15, -0.1) is 0 Å². The van der Waals surface area contributed by atoms with Crippen molar-refractivity contribution in [2.45, 2.75) is 37.8 Å². The Morgan fingerprint density at radius 3 is 2.50 bits per heavy atom. The number of nitrogens with one attached hydrogen (secondary N) is 2. The Bertz CT molecular complexity index is 958. The van der Waals surface area contributed by atoms with E-state index in [9.17, 15) is 0 Å². The van der Waals surface area contributed by atoms with Gasteiger partial charge in [0.2, 0.25) is 0 Å². The maximum atomic E-state index is 6.20. The predicted octanol–water partition coefficient (Wildman–Crippen LogP) is 4.95. The molecule has 0 radical (unpaired) electrons. The first kappa shape index (κ1) is 21.7. The van der Waals surface area contributed by atoms with Crippen molar-refractivity contribution >= 4 is 28.8 Å². The molecular weight excluding hydrogens is 418 g/mol. The van der Waals surface area contributed by atoms with Crippen molar-refractivity contribution in [3.8, 4) is 0 Å². The summed E-state index contributed by atoms with van der Waals surface area (Å²) in [6.45, 7) is 6.68. The Hall–Kier alpha value is -2.08. The van der Waals surface area contributed by atoms with Gasteiger partial charge >= 0.3 is 0 Å². The molecule has 0 amide bonds. The number of nitrogens with zero attached hydrogens (tertiary/aromatic N) is 3. The number of aliphatic imine (C=N–C) groups is 1. The second kappa shape index (κ2) is 9.42. The molecule has 2 N–H and O–H groups in total. The number of hydrogen-bond donors (Lipinski definition) is 2. The van der Waals surface area contributed by atoms with Gasteiger partial charge in [0.15, 0.2) is 0 Å². The van der Waals surface area contributed by atoms with Crippen LogP contribution in [0.2, 0.25) is 5.02 Å². The molecule has 6 heteroatoms. The van der Waals surface area contributed by atoms with E-state index >= 15 is 0 Å². The van der Waals surface area contributed by atoms with Crippen LogP contribution in [0.5, 0.6) is 0 Å². The highest BCUT2D eigenvalue weighted by Crippen LogP contribution is 2.41. The van der Waals surface area contributed by atoms with Crippen LogP contribution < -0.4 is 10.6 Å². The van der Waals surface area contributed by atoms with Crippen LogP contribution >= 0.6 is 11.6 Å². The molecule has 5 nitrogen and oxygen atoms in total. The van der Waals surface area contributed by atoms with Crippen LogP contribution in [0.25, 0.3) is 0 Å². The zero-order valence-corrected chi connectivity index (χ0v) is 19.7. The zero-order valence-electron chi connectivity index (χ0n) is 19.0. The van der Waals surface area contributed by atoms with Crippen LogP contribution in [0.15, 0.2) is 53.5 Å². The number of amidine groups is 1. The maximum absolute atomic E-state index is 6.20. The number of likely N-dealkylation sites (N-methyl/N-ethyl adjacent to an activating group) is 1. The molecule has 5 rings (SSSR count). The maximum Gasteiger partial charge on any atom is 0.127 e. The van der Waals surface area contributed by atoms with Crippen LogP contribution in [-0.4, -0.2) is 60.9 Å². The van der Waals surface area contributed by atoms with Gasteiger partial charge in [-0.3, -0.25) is 4.99 Å². The van der Waals surface area contributed by atoms with E-state index in [1.165, 1.54) is 51.3 Å². The van der Waals surface area contributed by atoms with Crippen LogP contribution in [0.4, 0.5) is 11.4 Å². The van der Waals surface area contributed by atoms with Crippen molar-refractivity contribution in [3.05, 3.63) is 59.1 Å². The van der Waals surface area contributed by atoms with E-state index in [0.29, 0.717) is 6.54 Å². The molecular formula is C26H34ClN5. The van der Waals surface area contributed by atoms with Crippen molar-refractivity contribution in [2.24, 2.45) is 10.9 Å². The minimum atomic E-state index is -0.106. The molecule has 2 aliphatic heterocycles. The molecule has 2 fully saturated rings. The predicted molar refractivity (Wildman–Crippen MR) is 135 cm³/mol. The Morgan fingerprint density at radius 2 is 1.75 bits per heavy atom. The van der Waals surface area contributed by atoms with E-state index in [0.717, 1.165) is 40.9 Å². The largest absolute Gasteiger partial charge is 0.371 e. The normalized spacial score (nSPS) is 27.7. The number of fused-ring (bicyclic) bond motifs is 1. The van der Waals surface area contributed by atoms with Gasteiger partial charge in [-0.2, -0.15) is 0 Å². The van der Waals surface area contributed by atoms with E-state index in [-0.39, 0.29) is 5.54 Å². The van der Waals surface area contributed by atoms with Gasteiger partial charge in [0.05, 0.1) is 23.5 Å². The third-order valence-electron chi connectivity index (χ3n) is 7.39. The Balaban J connectivity index is 1.31. The molecule has 2 heterocycles. The van der Waals surface area contributed by atoms with E-state index < -0.39 is 0 Å². The number of halogens is 1. The minimum Gasteiger partial charge on any atom is -0.371 e. The SMILES string of the molecule is CN1CCN(CC2CCC3(CC2)Nc2ccccc2NC3=NCc2cccc(Cl)c2)CC1. The Morgan fingerprint density at radius 1 is 1.00 bits per heavy atom. The summed E-state index contributed by atoms with van der Waals surface area (Å²) in [4.78, 5) is 10.2. The average Bonchev–Trinajstić information content (AvgIpc) is 2.81. The topological polar surface area (TPSA) is 42.9 Å². The lowest BCUT2D eigenvalue weighted by Crippen LogP contribution is -2.55. The lowest BCUT2D eigenvalue weighted by molar-refractivity contribution is 0.121. The number of hydrogen-bond acceptors (Lipinski definition) is 4. The van der Waals surface area contributed by atoms with Crippen LogP contribution in [0.1, 0.15) is 31.2 Å². The van der Waals surface area contributed by atoms with Gasteiger partial charge in [-0.1, -0.05) is 35.9 Å². The van der Waals surface area contributed by atoms with E-state index in [1.54, 1.807) is 0 Å². The van der Waals surface area contributed by atoms with Gasteiger partial charge in [-0.05, 0) is 68.5 Å². The molecule has 0 bridgehead atoms. The molecule has 2 aromatic rings. The van der Waals surface area contributed by atoms with Gasteiger partial charge in [0.25, 0.3) is 0 Å². The molecule has 1 spiro atoms. The molecule has 0 atom stereocenters. The van der Waals surface area contributed by atoms with Gasteiger partial charge in [-0.25, -0.2) is 0 Å². The van der Waals surface area contributed by atoms with Gasteiger partial charge in [0.1, 0.15) is 5.84 Å². The summed E-state index contributed by atoms with van der Waals surface area (Å²) < 4.78 is 0. The number of anilines is 2. The molecule has 1 aliphatic carbocycles. The second-order valence-electron chi connectivity index (χ2n) is 9.72. The lowest BCUT2D eigenvalue weighted by atomic mass is 9.74. The van der Waals surface area contributed by atoms with Crippen LogP contribution in [-0.2, 0) is 6.54 Å². The van der Waals surface area contributed by atoms with E-state index in [1.807, 2.05) is 18.2 Å². The summed E-state index contributed by atoms with van der Waals surface area (Å²) in [5.74, 6) is 1.85. The third-order valence-corrected chi connectivity index (χ3v) is 7.62. The molecule has 3 aliphatic rings. The zero-order chi connectivity index (χ0) is 22.0. The summed E-state index contributed by atoms with van der Waals surface area (Å²) in [6, 6.07) is 16.5. The molecule has 0 unspecified atom stereocenters. The number of piperazine rings is 1. The molecule has 0 aromatic heterocycles. The quantitative estimate of drug-likeness (QED) is 0.690. The highest BCUT2D eigenvalue weighted by Gasteiger charge is 2.43. The smallest absolute Gasteiger partial charge is 0.127 e. The second-order valence-corrected chi connectivity index (χ2v) is 10.2. The average molecular weight is 452 g/mol. The highest BCUT2D eigenvalue weighted by molar-refractivity contribution is 6.30. The van der Waals surface area contributed by atoms with Gasteiger partial charge in [0, 0.05) is 37.7 Å². The first-order valence-corrected chi connectivity index (χ1v) is 12.3. The summed E-state index contributed by atoms with van der Waals surface area (Å²) in [5.41, 5.74) is 3.34. The number of rotatable bonds is 4. The summed E-state index contributed by atoms with van der Waals surface area (Å²) in [6.07, 6.45) is 4.70. The molecule has 32 heavy (non-hydrogen) atoms. The molecule has 170 valence electrons. The van der Waals surface area contributed by atoms with Crippen molar-refractivity contribution in [2.75, 3.05) is 50.4 Å². The molecule has 1 saturated heterocycles. The third kappa shape index (κ3) is 4.80. The monoisotopic (exact) mass is 451 g/mol. The standard InChI is InChI=1S/C26H34ClN5/c1-31-13-15-32(16-14-31)19-20-9-11-26(12-10-20)25(28-18-21-5-4-6-22(27)17-21)29-23-7-2-3-8-24(23)30-26/h2-8,17,20,30H,9-16,18-19H2,1H3,(H,28,29). The van der Waals surface area contributed by atoms with Crippen LogP contribution in [0.3, 0.4) is 0 Å². The molecule has 2 aromatic carbocycles. The fraction of sp³-hybridized carbons (Fsp3) is 0.500. The first-order chi connectivity index (χ1) is 15.6. The highest BCUT2D eigenvalue weighted by atomic mass is 35.5. The fourth-order valence-corrected chi connectivity index (χ4v) is 5.59. The summed E-state index contributed by atoms with van der Waals surface area (Å²) in [7, 11) is 2.23. The number of benzene rings is 2. The molecule has 1 saturated carbocycles. The number of para-hydroxylation sites is 2. The minimum absolute atomic E-state index is 0.106. The van der Waals surface area contributed by atoms with E-state index in [4.69, 9.17) is 16.6 Å². The summed E-state index contributed by atoms with van der Waals surface area (Å²) >= 11 is 6.20. The van der Waals surface area contributed by atoms with E-state index in [2.05, 4.69) is 57.8 Å². The van der Waals surface area contributed by atoms with Crippen molar-refractivity contribution in [1.29, 1.82) is 0 Å². The fourth-order valence-electron chi connectivity index (χ4n) is 5.37. The Labute approximate surface area is 196 Å². The van der Waals surface area contributed by atoms with Gasteiger partial charge < -0.3 is 20.4 Å². The summed E-state index contributed by atoms with van der Waals surface area (Å²) in [5, 5.41) is 8.35. The van der Waals surface area contributed by atoms with Crippen molar-refractivity contribution in [1.82, 2.24) is 9.80 Å². The Kier molecular flexibility index (Phi) is 6.40. The van der Waals surface area contributed by atoms with Crippen molar-refractivity contribution < 1.29 is 0 Å². The first-order valence-electron chi connectivity index (χ1n) is 11.9.